The predicted molar refractivity (Wildman–Crippen MR) is 125 cm³/mol. The average Bonchev–Trinajstić information content (AvgIpc) is 3.63. The second kappa shape index (κ2) is 10.7. The maximum absolute atomic E-state index is 12.5. The molecule has 4 rings (SSSR count). The zero-order valence-electron chi connectivity index (χ0n) is 18.9. The normalized spacial score (nSPS) is 16.1. The summed E-state index contributed by atoms with van der Waals surface area (Å²) in [5, 5.41) is 23.4. The van der Waals surface area contributed by atoms with Crippen LogP contribution in [0.2, 0.25) is 0 Å². The zero-order valence-corrected chi connectivity index (χ0v) is 18.9. The molecule has 2 amide bonds. The molecule has 1 fully saturated rings. The molecule has 2 aliphatic rings. The molecule has 0 aliphatic heterocycles. The van der Waals surface area contributed by atoms with E-state index in [0.717, 1.165) is 35.1 Å². The molecule has 8 nitrogen and oxygen atoms in total. The summed E-state index contributed by atoms with van der Waals surface area (Å²) >= 11 is 0. The molecule has 34 heavy (non-hydrogen) atoms. The van der Waals surface area contributed by atoms with Gasteiger partial charge in [0, 0.05) is 31.9 Å². The van der Waals surface area contributed by atoms with Crippen molar-refractivity contribution in [3.05, 3.63) is 59.7 Å². The Kier molecular flexibility index (Phi) is 7.47. The number of benzene rings is 2. The van der Waals surface area contributed by atoms with Gasteiger partial charge in [0.25, 0.3) is 0 Å². The number of nitrogens with one attached hydrogen (secondary N) is 2. The van der Waals surface area contributed by atoms with Crippen molar-refractivity contribution in [2.24, 2.45) is 11.8 Å². The molecular weight excluding hydrogens is 436 g/mol. The van der Waals surface area contributed by atoms with E-state index in [-0.39, 0.29) is 44.4 Å². The lowest BCUT2D eigenvalue weighted by Gasteiger charge is -2.19. The number of aliphatic carboxylic acids is 1. The predicted octanol–water partition coefficient (Wildman–Crippen LogP) is 2.89. The number of carboxylic acid groups (broad SMARTS) is 1. The number of aliphatic hydroxyl groups is 1. The van der Waals surface area contributed by atoms with Gasteiger partial charge in [-0.2, -0.15) is 0 Å². The summed E-state index contributed by atoms with van der Waals surface area (Å²) < 4.78 is 5.57. The molecule has 2 aromatic rings. The molecule has 2 aliphatic carbocycles. The Bertz CT molecular complexity index is 1010. The number of hydrogen-bond donors (Lipinski definition) is 4. The smallest absolute Gasteiger partial charge is 0.407 e. The average molecular weight is 467 g/mol. The van der Waals surface area contributed by atoms with E-state index in [4.69, 9.17) is 14.9 Å². The van der Waals surface area contributed by atoms with Crippen LogP contribution < -0.4 is 10.6 Å². The Hall–Kier alpha value is -3.39. The quantitative estimate of drug-likeness (QED) is 0.404. The Morgan fingerprint density at radius 2 is 1.62 bits per heavy atom. The molecular formula is C26H30N2O6. The minimum atomic E-state index is -1.18. The van der Waals surface area contributed by atoms with Crippen LogP contribution in [0, 0.1) is 11.8 Å². The highest BCUT2D eigenvalue weighted by Crippen LogP contribution is 2.44. The molecule has 4 N–H and O–H groups in total. The van der Waals surface area contributed by atoms with E-state index in [2.05, 4.69) is 34.9 Å². The van der Waals surface area contributed by atoms with Crippen LogP contribution in [0.5, 0.6) is 0 Å². The standard InChI is InChI=1S/C26H30N2O6/c29-12-11-23(25(31)32)28-24(30)13-17(16-9-10-16)14-27-26(33)34-15-22-20-7-3-1-5-18(20)19-6-2-4-8-21(19)22/h1-8,16-17,22-23,29H,9-15H2,(H,27,33)(H,28,30)(H,31,32)/t17?,23-/m0/s1. The highest BCUT2D eigenvalue weighted by atomic mass is 16.5. The van der Waals surface area contributed by atoms with Gasteiger partial charge in [-0.1, -0.05) is 48.5 Å². The zero-order chi connectivity index (χ0) is 24.1. The number of carbonyl (C=O) groups excluding carboxylic acids is 2. The van der Waals surface area contributed by atoms with Gasteiger partial charge in [0.05, 0.1) is 0 Å². The lowest BCUT2D eigenvalue weighted by Crippen LogP contribution is -2.43. The third kappa shape index (κ3) is 5.56. The molecule has 2 atom stereocenters. The Morgan fingerprint density at radius 3 is 2.18 bits per heavy atom. The first-order valence-corrected chi connectivity index (χ1v) is 11.7. The Balaban J connectivity index is 1.29. The first-order chi connectivity index (χ1) is 16.5. The van der Waals surface area contributed by atoms with Crippen molar-refractivity contribution in [3.63, 3.8) is 0 Å². The summed E-state index contributed by atoms with van der Waals surface area (Å²) in [6, 6.07) is 15.1. The number of aliphatic hydroxyl groups excluding tert-OH is 1. The summed E-state index contributed by atoms with van der Waals surface area (Å²) in [7, 11) is 0. The van der Waals surface area contributed by atoms with Crippen molar-refractivity contribution in [2.45, 2.75) is 37.6 Å². The van der Waals surface area contributed by atoms with Gasteiger partial charge in [0.2, 0.25) is 5.91 Å². The van der Waals surface area contributed by atoms with Gasteiger partial charge in [-0.3, -0.25) is 4.79 Å². The van der Waals surface area contributed by atoms with Crippen molar-refractivity contribution in [1.29, 1.82) is 0 Å². The number of rotatable bonds is 11. The molecule has 0 aromatic heterocycles. The fourth-order valence-corrected chi connectivity index (χ4v) is 4.71. The van der Waals surface area contributed by atoms with Gasteiger partial charge in [-0.15, -0.1) is 0 Å². The van der Waals surface area contributed by atoms with Crippen molar-refractivity contribution in [1.82, 2.24) is 10.6 Å². The molecule has 0 spiro atoms. The lowest BCUT2D eigenvalue weighted by atomic mass is 9.98. The number of carboxylic acids is 1. The molecule has 180 valence electrons. The highest BCUT2D eigenvalue weighted by molar-refractivity contribution is 5.83. The molecule has 8 heteroatoms. The Morgan fingerprint density at radius 1 is 1.00 bits per heavy atom. The summed E-state index contributed by atoms with van der Waals surface area (Å²) in [5.41, 5.74) is 4.60. The van der Waals surface area contributed by atoms with Crippen LogP contribution in [0.25, 0.3) is 11.1 Å². The van der Waals surface area contributed by atoms with Crippen LogP contribution in [0.1, 0.15) is 42.7 Å². The topological polar surface area (TPSA) is 125 Å². The van der Waals surface area contributed by atoms with Crippen LogP contribution >= 0.6 is 0 Å². The van der Waals surface area contributed by atoms with Crippen molar-refractivity contribution in [3.8, 4) is 11.1 Å². The highest BCUT2D eigenvalue weighted by Gasteiger charge is 2.34. The number of carbonyl (C=O) groups is 3. The van der Waals surface area contributed by atoms with Crippen molar-refractivity contribution in [2.75, 3.05) is 19.8 Å². The van der Waals surface area contributed by atoms with E-state index in [9.17, 15) is 14.4 Å². The minimum Gasteiger partial charge on any atom is -0.480 e. The molecule has 1 saturated carbocycles. The fourth-order valence-electron chi connectivity index (χ4n) is 4.71. The minimum absolute atomic E-state index is 0.0253. The van der Waals surface area contributed by atoms with Crippen molar-refractivity contribution >= 4 is 18.0 Å². The first kappa shape index (κ1) is 23.8. The van der Waals surface area contributed by atoms with E-state index < -0.39 is 24.0 Å². The number of amides is 2. The van der Waals surface area contributed by atoms with Gasteiger partial charge in [-0.05, 0) is 46.9 Å². The number of ether oxygens (including phenoxy) is 1. The van der Waals surface area contributed by atoms with Crippen LogP contribution in [0.4, 0.5) is 4.79 Å². The largest absolute Gasteiger partial charge is 0.480 e. The van der Waals surface area contributed by atoms with E-state index >= 15 is 0 Å². The SMILES string of the molecule is O=C(CC(CNC(=O)OCC1c2ccccc2-c2ccccc21)C1CC1)N[C@@H](CCO)C(=O)O. The van der Waals surface area contributed by atoms with E-state index in [1.165, 1.54) is 0 Å². The van der Waals surface area contributed by atoms with Crippen molar-refractivity contribution < 1.29 is 29.3 Å². The monoisotopic (exact) mass is 466 g/mol. The summed E-state index contributed by atoms with van der Waals surface area (Å²) in [4.78, 5) is 36.0. The first-order valence-electron chi connectivity index (χ1n) is 11.7. The van der Waals surface area contributed by atoms with Crippen LogP contribution in [-0.4, -0.2) is 54.0 Å². The van der Waals surface area contributed by atoms with Gasteiger partial charge < -0.3 is 25.6 Å². The Labute approximate surface area is 198 Å². The van der Waals surface area contributed by atoms with Gasteiger partial charge in [-0.25, -0.2) is 9.59 Å². The second-order valence-corrected chi connectivity index (χ2v) is 8.98. The third-order valence-electron chi connectivity index (χ3n) is 6.64. The van der Waals surface area contributed by atoms with Gasteiger partial charge in [0.15, 0.2) is 0 Å². The van der Waals surface area contributed by atoms with E-state index in [0.29, 0.717) is 5.92 Å². The number of fused-ring (bicyclic) bond motifs is 3. The molecule has 0 heterocycles. The second-order valence-electron chi connectivity index (χ2n) is 8.98. The van der Waals surface area contributed by atoms with E-state index in [1.807, 2.05) is 24.3 Å². The molecule has 0 saturated heterocycles. The lowest BCUT2D eigenvalue weighted by molar-refractivity contribution is -0.142. The summed E-state index contributed by atoms with van der Waals surface area (Å²) in [6.45, 7) is 0.176. The molecule has 1 unspecified atom stereocenters. The van der Waals surface area contributed by atoms with E-state index in [1.54, 1.807) is 0 Å². The molecule has 0 bridgehead atoms. The third-order valence-corrected chi connectivity index (χ3v) is 6.64. The fraction of sp³-hybridized carbons (Fsp3) is 0.423. The van der Waals surface area contributed by atoms with Crippen LogP contribution in [-0.2, 0) is 14.3 Å². The van der Waals surface area contributed by atoms with Crippen LogP contribution in [0.3, 0.4) is 0 Å². The summed E-state index contributed by atoms with van der Waals surface area (Å²) in [5.74, 6) is -1.37. The maximum atomic E-state index is 12.5. The van der Waals surface area contributed by atoms with Crippen LogP contribution in [0.15, 0.2) is 48.5 Å². The number of hydrogen-bond acceptors (Lipinski definition) is 5. The molecule has 0 radical (unpaired) electrons. The maximum Gasteiger partial charge on any atom is 0.407 e. The number of alkyl carbamates (subject to hydrolysis) is 1. The summed E-state index contributed by atoms with van der Waals surface area (Å²) in [6.07, 6.45) is 1.49. The van der Waals surface area contributed by atoms with Gasteiger partial charge in [0.1, 0.15) is 12.6 Å². The molecule has 2 aromatic carbocycles. The van der Waals surface area contributed by atoms with Gasteiger partial charge >= 0.3 is 12.1 Å².